The number of rotatable bonds is 1. The van der Waals surface area contributed by atoms with Gasteiger partial charge in [0.25, 0.3) is 0 Å². The van der Waals surface area contributed by atoms with Crippen LogP contribution >= 0.6 is 0 Å². The highest BCUT2D eigenvalue weighted by Crippen LogP contribution is 2.29. The minimum atomic E-state index is -4.29. The third-order valence-corrected chi connectivity index (χ3v) is 2.63. The summed E-state index contributed by atoms with van der Waals surface area (Å²) in [5, 5.41) is 4.19. The van der Waals surface area contributed by atoms with Crippen LogP contribution in [0.3, 0.4) is 0 Å². The number of aryl methyl sites for hydroxylation is 1. The van der Waals surface area contributed by atoms with E-state index in [1.54, 1.807) is 10.9 Å². The van der Waals surface area contributed by atoms with E-state index < -0.39 is 11.7 Å². The molecule has 0 radical (unpaired) electrons. The summed E-state index contributed by atoms with van der Waals surface area (Å²) >= 11 is 0. The van der Waals surface area contributed by atoms with E-state index in [0.29, 0.717) is 18.5 Å². The van der Waals surface area contributed by atoms with Crippen molar-refractivity contribution >= 4 is 5.70 Å². The van der Waals surface area contributed by atoms with E-state index in [2.05, 4.69) is 5.10 Å². The van der Waals surface area contributed by atoms with Gasteiger partial charge in [-0.15, -0.1) is 0 Å². The van der Waals surface area contributed by atoms with E-state index in [0.717, 1.165) is 11.8 Å². The van der Waals surface area contributed by atoms with Crippen molar-refractivity contribution < 1.29 is 13.2 Å². The molecule has 1 aliphatic rings. The summed E-state index contributed by atoms with van der Waals surface area (Å²) in [6.45, 7) is 1.84. The van der Waals surface area contributed by atoms with Crippen LogP contribution in [0.2, 0.25) is 0 Å². The van der Waals surface area contributed by atoms with Crippen molar-refractivity contribution in [3.8, 4) is 0 Å². The van der Waals surface area contributed by atoms with Crippen molar-refractivity contribution in [3.63, 3.8) is 0 Å². The molecule has 0 amide bonds. The second-order valence-electron chi connectivity index (χ2n) is 4.10. The van der Waals surface area contributed by atoms with Gasteiger partial charge in [-0.25, -0.2) is 4.68 Å². The van der Waals surface area contributed by atoms with Gasteiger partial charge in [0.1, 0.15) is 0 Å². The summed E-state index contributed by atoms with van der Waals surface area (Å²) in [5.41, 5.74) is 0.896. The molecule has 0 spiro atoms. The fourth-order valence-corrected chi connectivity index (χ4v) is 1.72. The zero-order chi connectivity index (χ0) is 13.2. The molecule has 0 saturated carbocycles. The average Bonchev–Trinajstić information content (AvgIpc) is 2.62. The van der Waals surface area contributed by atoms with E-state index in [1.807, 2.05) is 19.1 Å². The number of aromatic nitrogens is 2. The van der Waals surface area contributed by atoms with Gasteiger partial charge in [-0.3, -0.25) is 0 Å². The molecule has 96 valence electrons. The molecule has 0 unspecified atom stereocenters. The normalized spacial score (nSPS) is 19.8. The Morgan fingerprint density at radius 1 is 1.17 bits per heavy atom. The molecule has 5 heteroatoms. The van der Waals surface area contributed by atoms with Gasteiger partial charge in [-0.1, -0.05) is 12.2 Å². The summed E-state index contributed by atoms with van der Waals surface area (Å²) in [4.78, 5) is 0. The lowest BCUT2D eigenvalue weighted by atomic mass is 10.1. The maximum atomic E-state index is 12.6. The zero-order valence-electron chi connectivity index (χ0n) is 9.91. The van der Waals surface area contributed by atoms with E-state index in [-0.39, 0.29) is 0 Å². The van der Waals surface area contributed by atoms with Crippen LogP contribution in [0.5, 0.6) is 0 Å². The van der Waals surface area contributed by atoms with Gasteiger partial charge in [0.05, 0.1) is 17.0 Å². The zero-order valence-corrected chi connectivity index (χ0v) is 9.91. The maximum absolute atomic E-state index is 12.6. The molecule has 0 fully saturated rings. The fraction of sp³-hybridized carbons (Fsp3) is 0.308. The summed E-state index contributed by atoms with van der Waals surface area (Å²) in [6.07, 6.45) is 4.04. The Morgan fingerprint density at radius 2 is 1.89 bits per heavy atom. The topological polar surface area (TPSA) is 17.8 Å². The number of hydrogen-bond donors (Lipinski definition) is 0. The largest absolute Gasteiger partial charge is 0.416 e. The van der Waals surface area contributed by atoms with Crippen LogP contribution in [-0.2, 0) is 0 Å². The predicted octanol–water partition coefficient (Wildman–Crippen LogP) is 3.87. The van der Waals surface area contributed by atoms with E-state index >= 15 is 0 Å². The molecule has 0 saturated heterocycles. The van der Waals surface area contributed by atoms with E-state index in [4.69, 9.17) is 0 Å². The van der Waals surface area contributed by atoms with Gasteiger partial charge in [-0.2, -0.15) is 18.3 Å². The molecule has 2 rings (SSSR count). The first-order valence-corrected chi connectivity index (χ1v) is 5.65. The molecule has 0 N–H and O–H groups in total. The van der Waals surface area contributed by atoms with Crippen LogP contribution in [0.4, 0.5) is 13.2 Å². The smallest absolute Gasteiger partial charge is 0.241 e. The Morgan fingerprint density at radius 3 is 2.50 bits per heavy atom. The molecule has 1 aliphatic carbocycles. The Bertz CT molecular complexity index is 519. The molecule has 0 aliphatic heterocycles. The fourth-order valence-electron chi connectivity index (χ4n) is 1.72. The van der Waals surface area contributed by atoms with Crippen LogP contribution in [0.1, 0.15) is 18.5 Å². The number of alkyl halides is 3. The van der Waals surface area contributed by atoms with Crippen molar-refractivity contribution in [2.75, 3.05) is 0 Å². The van der Waals surface area contributed by atoms with Crippen LogP contribution in [0.15, 0.2) is 42.1 Å². The summed E-state index contributed by atoms with van der Waals surface area (Å²) in [6, 6.07) is 1.81. The molecular formula is C13H13F3N2. The van der Waals surface area contributed by atoms with Gasteiger partial charge in [0.15, 0.2) is 0 Å². The Hall–Kier alpha value is -1.78. The molecule has 1 aromatic heterocycles. The molecule has 1 heterocycles. The minimum Gasteiger partial charge on any atom is -0.241 e. The highest BCUT2D eigenvalue weighted by atomic mass is 19.4. The molecule has 0 bridgehead atoms. The standard InChI is InChI=1S/C13H13F3N2/c1-10-8-9-18(17-10)12-5-3-2-4-11(6-7-12)13(14,15)16/h4-9H,2-3H2,1H3/b7-6?,11-4-,12-5?. The highest BCUT2D eigenvalue weighted by molar-refractivity contribution is 5.58. The van der Waals surface area contributed by atoms with Gasteiger partial charge < -0.3 is 0 Å². The number of allylic oxidation sites excluding steroid dienone is 6. The van der Waals surface area contributed by atoms with Gasteiger partial charge in [0, 0.05) is 6.20 Å². The van der Waals surface area contributed by atoms with Gasteiger partial charge >= 0.3 is 6.18 Å². The second kappa shape index (κ2) is 4.84. The number of hydrogen-bond acceptors (Lipinski definition) is 1. The third-order valence-electron chi connectivity index (χ3n) is 2.63. The molecular weight excluding hydrogens is 241 g/mol. The molecule has 0 aromatic carbocycles. The summed E-state index contributed by atoms with van der Waals surface area (Å²) in [5.74, 6) is 0. The first-order valence-electron chi connectivity index (χ1n) is 5.65. The highest BCUT2D eigenvalue weighted by Gasteiger charge is 2.31. The molecule has 18 heavy (non-hydrogen) atoms. The van der Waals surface area contributed by atoms with Crippen LogP contribution in [0, 0.1) is 6.92 Å². The predicted molar refractivity (Wildman–Crippen MR) is 63.7 cm³/mol. The lowest BCUT2D eigenvalue weighted by Gasteiger charge is -2.10. The Labute approximate surface area is 103 Å². The van der Waals surface area contributed by atoms with E-state index in [9.17, 15) is 13.2 Å². The SMILES string of the molecule is Cc1ccn(C2=CCC/C=C(\C(F)(F)F)C=C2)n1. The van der Waals surface area contributed by atoms with Crippen molar-refractivity contribution in [1.82, 2.24) is 9.78 Å². The van der Waals surface area contributed by atoms with E-state index in [1.165, 1.54) is 12.2 Å². The first kappa shape index (κ1) is 12.7. The third kappa shape index (κ3) is 2.91. The molecule has 2 nitrogen and oxygen atoms in total. The maximum Gasteiger partial charge on any atom is 0.416 e. The van der Waals surface area contributed by atoms with Gasteiger partial charge in [-0.05, 0) is 38.0 Å². The lowest BCUT2D eigenvalue weighted by molar-refractivity contribution is -0.0884. The first-order chi connectivity index (χ1) is 8.47. The van der Waals surface area contributed by atoms with Crippen LogP contribution in [-0.4, -0.2) is 16.0 Å². The number of halogens is 3. The van der Waals surface area contributed by atoms with Crippen LogP contribution in [0.25, 0.3) is 5.70 Å². The van der Waals surface area contributed by atoms with Crippen molar-refractivity contribution in [2.24, 2.45) is 0 Å². The van der Waals surface area contributed by atoms with Crippen molar-refractivity contribution in [2.45, 2.75) is 25.9 Å². The van der Waals surface area contributed by atoms with Crippen molar-refractivity contribution in [1.29, 1.82) is 0 Å². The molecule has 0 atom stereocenters. The average molecular weight is 254 g/mol. The monoisotopic (exact) mass is 254 g/mol. The molecule has 1 aromatic rings. The quantitative estimate of drug-likeness (QED) is 0.743. The number of nitrogens with zero attached hydrogens (tertiary/aromatic N) is 2. The van der Waals surface area contributed by atoms with Crippen molar-refractivity contribution in [3.05, 3.63) is 47.8 Å². The summed E-state index contributed by atoms with van der Waals surface area (Å²) < 4.78 is 39.5. The minimum absolute atomic E-state index is 0.378. The van der Waals surface area contributed by atoms with Gasteiger partial charge in [0.2, 0.25) is 0 Å². The second-order valence-corrected chi connectivity index (χ2v) is 4.10. The van der Waals surface area contributed by atoms with Crippen LogP contribution < -0.4 is 0 Å². The Kier molecular flexibility index (Phi) is 3.41. The summed E-state index contributed by atoms with van der Waals surface area (Å²) in [7, 11) is 0. The Balaban J connectivity index is 2.28. The lowest BCUT2D eigenvalue weighted by Crippen LogP contribution is -2.10.